The van der Waals surface area contributed by atoms with Gasteiger partial charge in [0.05, 0.1) is 5.69 Å². The number of aryl methyl sites for hydroxylation is 1. The van der Waals surface area contributed by atoms with Crippen molar-refractivity contribution in [3.05, 3.63) is 17.7 Å². The Bertz CT molecular complexity index is 297. The molecule has 1 rings (SSSR count). The van der Waals surface area contributed by atoms with Crippen molar-refractivity contribution in [3.63, 3.8) is 0 Å². The average Bonchev–Trinajstić information content (AvgIpc) is 2.29. The number of imidazole rings is 1. The van der Waals surface area contributed by atoms with Gasteiger partial charge < -0.3 is 4.57 Å². The van der Waals surface area contributed by atoms with Crippen molar-refractivity contribution < 1.29 is 8.78 Å². The molecule has 0 saturated carbocycles. The third-order valence-electron chi connectivity index (χ3n) is 1.88. The Hall–Kier alpha value is -0.930. The maximum Gasteiger partial charge on any atom is 0.302 e. The van der Waals surface area contributed by atoms with E-state index in [1.54, 1.807) is 13.2 Å². The van der Waals surface area contributed by atoms with E-state index >= 15 is 0 Å². The molecule has 1 aromatic heterocycles. The Kier molecular flexibility index (Phi) is 2.41. The van der Waals surface area contributed by atoms with Gasteiger partial charge in [-0.25, -0.2) is 4.98 Å². The van der Waals surface area contributed by atoms with Gasteiger partial charge in [0.25, 0.3) is 0 Å². The van der Waals surface area contributed by atoms with Crippen LogP contribution in [0.2, 0.25) is 0 Å². The Morgan fingerprint density at radius 2 is 2.00 bits per heavy atom. The maximum atomic E-state index is 12.9. The summed E-state index contributed by atoms with van der Waals surface area (Å²) in [4.78, 5) is 3.89. The first-order chi connectivity index (χ1) is 5.82. The second-order valence-electron chi connectivity index (χ2n) is 3.64. The van der Waals surface area contributed by atoms with E-state index in [2.05, 4.69) is 4.98 Å². The number of hydrogen-bond acceptors (Lipinski definition) is 1. The van der Waals surface area contributed by atoms with Gasteiger partial charge in [-0.1, -0.05) is 13.8 Å². The number of rotatable bonds is 2. The highest BCUT2D eigenvalue weighted by Gasteiger charge is 2.30. The molecular formula is C9H14F2N2. The number of hydrogen-bond donors (Lipinski definition) is 0. The van der Waals surface area contributed by atoms with Gasteiger partial charge in [0, 0.05) is 20.2 Å². The van der Waals surface area contributed by atoms with Crippen molar-refractivity contribution in [3.8, 4) is 0 Å². The molecule has 0 N–H and O–H groups in total. The lowest BCUT2D eigenvalue weighted by Gasteiger charge is -2.08. The maximum absolute atomic E-state index is 12.9. The van der Waals surface area contributed by atoms with E-state index in [4.69, 9.17) is 0 Å². The quantitative estimate of drug-likeness (QED) is 0.697. The minimum absolute atomic E-state index is 0.170. The van der Waals surface area contributed by atoms with Crippen LogP contribution in [0.5, 0.6) is 0 Å². The van der Waals surface area contributed by atoms with Crippen molar-refractivity contribution in [1.29, 1.82) is 0 Å². The van der Waals surface area contributed by atoms with Gasteiger partial charge in [-0.2, -0.15) is 8.78 Å². The van der Waals surface area contributed by atoms with E-state index < -0.39 is 5.92 Å². The molecule has 0 aliphatic heterocycles. The summed E-state index contributed by atoms with van der Waals surface area (Å²) in [6.45, 7) is 4.72. The number of aromatic nitrogens is 2. The van der Waals surface area contributed by atoms with Gasteiger partial charge in [-0.15, -0.1) is 0 Å². The first-order valence-corrected chi connectivity index (χ1v) is 4.24. The molecular weight excluding hydrogens is 174 g/mol. The van der Waals surface area contributed by atoms with E-state index in [0.717, 1.165) is 6.92 Å². The van der Waals surface area contributed by atoms with Crippen LogP contribution in [0.15, 0.2) is 6.20 Å². The van der Waals surface area contributed by atoms with E-state index in [-0.39, 0.29) is 11.7 Å². The molecule has 0 spiro atoms. The molecule has 0 aliphatic rings. The van der Waals surface area contributed by atoms with Crippen LogP contribution >= 0.6 is 0 Å². The Balaban J connectivity index is 3.11. The molecule has 0 saturated heterocycles. The minimum Gasteiger partial charge on any atom is -0.333 e. The average molecular weight is 188 g/mol. The molecule has 0 radical (unpaired) electrons. The van der Waals surface area contributed by atoms with Crippen LogP contribution in [0.4, 0.5) is 8.78 Å². The predicted molar refractivity (Wildman–Crippen MR) is 46.9 cm³/mol. The van der Waals surface area contributed by atoms with E-state index in [0.29, 0.717) is 5.69 Å². The second kappa shape index (κ2) is 3.09. The molecule has 0 amide bonds. The normalized spacial score (nSPS) is 12.5. The third-order valence-corrected chi connectivity index (χ3v) is 1.88. The zero-order chi connectivity index (χ0) is 10.2. The van der Waals surface area contributed by atoms with Gasteiger partial charge >= 0.3 is 5.92 Å². The summed E-state index contributed by atoms with van der Waals surface area (Å²) < 4.78 is 27.2. The van der Waals surface area contributed by atoms with Crippen molar-refractivity contribution in [1.82, 2.24) is 9.55 Å². The standard InChI is InChI=1S/C9H14F2N2/c1-6(2)7-5-13(4)8(12-7)9(3,10)11/h5-6H,1-4H3. The number of alkyl halides is 2. The summed E-state index contributed by atoms with van der Waals surface area (Å²) in [7, 11) is 1.59. The lowest BCUT2D eigenvalue weighted by atomic mass is 10.2. The monoisotopic (exact) mass is 188 g/mol. The summed E-state index contributed by atoms with van der Waals surface area (Å²) in [6, 6.07) is 0. The first-order valence-electron chi connectivity index (χ1n) is 4.24. The molecule has 0 atom stereocenters. The molecule has 0 bridgehead atoms. The van der Waals surface area contributed by atoms with Gasteiger partial charge in [-0.3, -0.25) is 0 Å². The van der Waals surface area contributed by atoms with Crippen LogP contribution in [0.25, 0.3) is 0 Å². The topological polar surface area (TPSA) is 17.8 Å². The second-order valence-corrected chi connectivity index (χ2v) is 3.64. The van der Waals surface area contributed by atoms with E-state index in [9.17, 15) is 8.78 Å². The lowest BCUT2D eigenvalue weighted by Crippen LogP contribution is -2.13. The predicted octanol–water partition coefficient (Wildman–Crippen LogP) is 2.66. The first kappa shape index (κ1) is 10.2. The van der Waals surface area contributed by atoms with Crippen LogP contribution in [0, 0.1) is 0 Å². The van der Waals surface area contributed by atoms with Gasteiger partial charge in [0.15, 0.2) is 5.82 Å². The van der Waals surface area contributed by atoms with Crippen LogP contribution in [-0.2, 0) is 13.0 Å². The van der Waals surface area contributed by atoms with Crippen molar-refractivity contribution in [2.75, 3.05) is 0 Å². The van der Waals surface area contributed by atoms with Crippen LogP contribution in [0.1, 0.15) is 38.2 Å². The van der Waals surface area contributed by atoms with Crippen LogP contribution < -0.4 is 0 Å². The number of nitrogens with zero attached hydrogens (tertiary/aromatic N) is 2. The SMILES string of the molecule is CC(C)c1cn(C)c(C(C)(F)F)n1. The largest absolute Gasteiger partial charge is 0.333 e. The summed E-state index contributed by atoms with van der Waals surface area (Å²) in [5.74, 6) is -2.85. The zero-order valence-electron chi connectivity index (χ0n) is 8.31. The highest BCUT2D eigenvalue weighted by atomic mass is 19.3. The highest BCUT2D eigenvalue weighted by molar-refractivity contribution is 5.10. The molecule has 0 aliphatic carbocycles. The third kappa shape index (κ3) is 2.05. The van der Waals surface area contributed by atoms with Crippen LogP contribution in [-0.4, -0.2) is 9.55 Å². The molecule has 1 heterocycles. The molecule has 2 nitrogen and oxygen atoms in total. The smallest absolute Gasteiger partial charge is 0.302 e. The molecule has 13 heavy (non-hydrogen) atoms. The van der Waals surface area contributed by atoms with Gasteiger partial charge in [0.1, 0.15) is 0 Å². The fourth-order valence-corrected chi connectivity index (χ4v) is 1.18. The van der Waals surface area contributed by atoms with Crippen molar-refractivity contribution in [2.24, 2.45) is 7.05 Å². The Morgan fingerprint density at radius 1 is 1.46 bits per heavy atom. The number of halogens is 2. The molecule has 4 heteroatoms. The summed E-state index contributed by atoms with van der Waals surface area (Å²) >= 11 is 0. The molecule has 74 valence electrons. The van der Waals surface area contributed by atoms with E-state index in [1.165, 1.54) is 4.57 Å². The molecule has 0 fully saturated rings. The van der Waals surface area contributed by atoms with Crippen molar-refractivity contribution in [2.45, 2.75) is 32.6 Å². The fourth-order valence-electron chi connectivity index (χ4n) is 1.18. The van der Waals surface area contributed by atoms with Crippen molar-refractivity contribution >= 4 is 0 Å². The minimum atomic E-state index is -2.86. The van der Waals surface area contributed by atoms with Gasteiger partial charge in [-0.05, 0) is 5.92 Å². The Morgan fingerprint density at radius 3 is 2.23 bits per heavy atom. The summed E-state index contributed by atoms with van der Waals surface area (Å²) in [6.07, 6.45) is 1.65. The Labute approximate surface area is 76.6 Å². The summed E-state index contributed by atoms with van der Waals surface area (Å²) in [5, 5.41) is 0. The van der Waals surface area contributed by atoms with Gasteiger partial charge in [0.2, 0.25) is 0 Å². The lowest BCUT2D eigenvalue weighted by molar-refractivity contribution is 0.00494. The highest BCUT2D eigenvalue weighted by Crippen LogP contribution is 2.27. The fraction of sp³-hybridized carbons (Fsp3) is 0.667. The summed E-state index contributed by atoms with van der Waals surface area (Å²) in [5.41, 5.74) is 0.707. The molecule has 1 aromatic rings. The zero-order valence-corrected chi connectivity index (χ0v) is 8.31. The van der Waals surface area contributed by atoms with E-state index in [1.807, 2.05) is 13.8 Å². The van der Waals surface area contributed by atoms with Crippen LogP contribution in [0.3, 0.4) is 0 Å². The molecule has 0 unspecified atom stereocenters. The molecule has 0 aromatic carbocycles.